The maximum absolute atomic E-state index is 12.3. The molecule has 1 rings (SSSR count). The van der Waals surface area contributed by atoms with E-state index >= 15 is 0 Å². The lowest BCUT2D eigenvalue weighted by atomic mass is 10.1. The molecular formula is C20H32N6O3. The van der Waals surface area contributed by atoms with Gasteiger partial charge in [-0.3, -0.25) is 14.4 Å². The second kappa shape index (κ2) is 12.4. The van der Waals surface area contributed by atoms with Gasteiger partial charge >= 0.3 is 0 Å². The van der Waals surface area contributed by atoms with E-state index in [2.05, 4.69) is 15.6 Å². The topological polar surface area (TPSA) is 120 Å². The molecule has 1 aromatic rings. The summed E-state index contributed by atoms with van der Waals surface area (Å²) in [5, 5.41) is 5.63. The van der Waals surface area contributed by atoms with Crippen LogP contribution in [0.1, 0.15) is 36.7 Å². The first kappa shape index (κ1) is 23.9. The molecule has 0 radical (unpaired) electrons. The molecule has 4 N–H and O–H groups in total. The largest absolute Gasteiger partial charge is 0.368 e. The summed E-state index contributed by atoms with van der Waals surface area (Å²) < 4.78 is 0. The Balaban J connectivity index is 2.76. The second-order valence-electron chi connectivity index (χ2n) is 6.44. The van der Waals surface area contributed by atoms with Gasteiger partial charge in [-0.25, -0.2) is 4.99 Å². The minimum Gasteiger partial charge on any atom is -0.368 e. The van der Waals surface area contributed by atoms with Crippen LogP contribution in [0.4, 0.5) is 0 Å². The molecule has 0 unspecified atom stereocenters. The summed E-state index contributed by atoms with van der Waals surface area (Å²) in [6.07, 6.45) is 0. The molecule has 0 fully saturated rings. The lowest BCUT2D eigenvalue weighted by molar-refractivity contribution is -0.131. The van der Waals surface area contributed by atoms with Gasteiger partial charge in [0.05, 0.1) is 19.6 Å². The summed E-state index contributed by atoms with van der Waals surface area (Å²) in [7, 11) is 1.83. The van der Waals surface area contributed by atoms with Gasteiger partial charge in [0.2, 0.25) is 11.8 Å². The predicted molar refractivity (Wildman–Crippen MR) is 113 cm³/mol. The maximum atomic E-state index is 12.3. The van der Waals surface area contributed by atoms with E-state index in [9.17, 15) is 14.4 Å². The Morgan fingerprint density at radius 3 is 2.17 bits per heavy atom. The fraction of sp³-hybridized carbons (Fsp3) is 0.500. The molecular weight excluding hydrogens is 372 g/mol. The van der Waals surface area contributed by atoms with Crippen LogP contribution in [0.25, 0.3) is 0 Å². The summed E-state index contributed by atoms with van der Waals surface area (Å²) in [5.74, 6) is -0.267. The van der Waals surface area contributed by atoms with E-state index in [4.69, 9.17) is 5.73 Å². The van der Waals surface area contributed by atoms with Crippen molar-refractivity contribution in [1.29, 1.82) is 0 Å². The van der Waals surface area contributed by atoms with Crippen LogP contribution in [-0.4, -0.2) is 73.3 Å². The number of hydrogen-bond donors (Lipinski definition) is 3. The van der Waals surface area contributed by atoms with Crippen LogP contribution in [0.5, 0.6) is 0 Å². The van der Waals surface area contributed by atoms with Crippen LogP contribution in [-0.2, 0) is 16.1 Å². The molecule has 0 aliphatic heterocycles. The maximum Gasteiger partial charge on any atom is 0.251 e. The summed E-state index contributed by atoms with van der Waals surface area (Å²) in [6, 6.07) is 6.93. The van der Waals surface area contributed by atoms with Gasteiger partial charge in [0.25, 0.3) is 5.91 Å². The third-order valence-electron chi connectivity index (χ3n) is 4.24. The second-order valence-corrected chi connectivity index (χ2v) is 6.44. The van der Waals surface area contributed by atoms with Crippen molar-refractivity contribution in [2.75, 3.05) is 39.8 Å². The molecule has 0 aromatic heterocycles. The lowest BCUT2D eigenvalue weighted by Gasteiger charge is -2.25. The molecule has 0 atom stereocenters. The quantitative estimate of drug-likeness (QED) is 0.379. The monoisotopic (exact) mass is 404 g/mol. The summed E-state index contributed by atoms with van der Waals surface area (Å²) in [5.41, 5.74) is 6.37. The average Bonchev–Trinajstić information content (AvgIpc) is 2.70. The van der Waals surface area contributed by atoms with Crippen LogP contribution in [0.3, 0.4) is 0 Å². The Hall–Kier alpha value is -3.10. The van der Waals surface area contributed by atoms with E-state index in [1.54, 1.807) is 34.1 Å². The number of nitrogens with zero attached hydrogens (tertiary/aromatic N) is 3. The normalized spacial score (nSPS) is 11.0. The number of nitrogens with two attached hydrogens (primary N) is 1. The minimum atomic E-state index is -0.594. The summed E-state index contributed by atoms with van der Waals surface area (Å²) in [4.78, 5) is 43.1. The van der Waals surface area contributed by atoms with Crippen molar-refractivity contribution in [1.82, 2.24) is 20.4 Å². The van der Waals surface area contributed by atoms with Gasteiger partial charge in [0, 0.05) is 32.2 Å². The first-order valence-corrected chi connectivity index (χ1v) is 9.74. The zero-order valence-electron chi connectivity index (χ0n) is 17.7. The number of hydrogen-bond acceptors (Lipinski definition) is 4. The van der Waals surface area contributed by atoms with Crippen molar-refractivity contribution in [3.05, 3.63) is 35.4 Å². The molecule has 29 heavy (non-hydrogen) atoms. The molecule has 0 spiro atoms. The van der Waals surface area contributed by atoms with Crippen LogP contribution in [0.15, 0.2) is 29.3 Å². The van der Waals surface area contributed by atoms with Crippen LogP contribution in [0.2, 0.25) is 0 Å². The smallest absolute Gasteiger partial charge is 0.251 e. The molecule has 0 aliphatic carbocycles. The van der Waals surface area contributed by atoms with Crippen LogP contribution < -0.4 is 16.4 Å². The van der Waals surface area contributed by atoms with Crippen LogP contribution in [0, 0.1) is 0 Å². The molecule has 9 nitrogen and oxygen atoms in total. The number of carbonyl (C=O) groups is 3. The van der Waals surface area contributed by atoms with E-state index in [0.29, 0.717) is 37.7 Å². The third kappa shape index (κ3) is 8.20. The SMILES string of the molecule is CCNC(=NCc1ccc(C(=O)NCC(N)=O)cc1)N(C)CC(=O)N(CC)CC. The number of aliphatic imine (C=N–C) groups is 1. The van der Waals surface area contributed by atoms with Crippen molar-refractivity contribution in [2.45, 2.75) is 27.3 Å². The molecule has 3 amide bonds. The van der Waals surface area contributed by atoms with Crippen LogP contribution >= 0.6 is 0 Å². The van der Waals surface area contributed by atoms with Gasteiger partial charge < -0.3 is 26.2 Å². The van der Waals surface area contributed by atoms with E-state index < -0.39 is 5.91 Å². The number of likely N-dealkylation sites (N-methyl/N-ethyl adjacent to an activating group) is 2. The Morgan fingerprint density at radius 1 is 1.03 bits per heavy atom. The number of carbonyl (C=O) groups excluding carboxylic acids is 3. The van der Waals surface area contributed by atoms with Crippen molar-refractivity contribution in [3.63, 3.8) is 0 Å². The van der Waals surface area contributed by atoms with Gasteiger partial charge in [-0.05, 0) is 38.5 Å². The standard InChI is InChI=1S/C20H32N6O3/c1-5-22-20(25(4)14-18(28)26(6-2)7-3)24-12-15-8-10-16(11-9-15)19(29)23-13-17(21)27/h8-11H,5-7,12-14H2,1-4H3,(H2,21,27)(H,22,24)(H,23,29). The molecule has 0 bridgehead atoms. The fourth-order valence-electron chi connectivity index (χ4n) is 2.62. The molecule has 0 heterocycles. The van der Waals surface area contributed by atoms with Gasteiger partial charge in [-0.2, -0.15) is 0 Å². The summed E-state index contributed by atoms with van der Waals surface area (Å²) in [6.45, 7) is 8.36. The Bertz CT molecular complexity index is 713. The zero-order chi connectivity index (χ0) is 21.8. The van der Waals surface area contributed by atoms with Crippen molar-refractivity contribution in [3.8, 4) is 0 Å². The zero-order valence-corrected chi connectivity index (χ0v) is 17.7. The average molecular weight is 405 g/mol. The first-order valence-electron chi connectivity index (χ1n) is 9.74. The molecule has 160 valence electrons. The van der Waals surface area contributed by atoms with Gasteiger partial charge in [-0.1, -0.05) is 12.1 Å². The summed E-state index contributed by atoms with van der Waals surface area (Å²) >= 11 is 0. The number of nitrogens with one attached hydrogen (secondary N) is 2. The molecule has 1 aromatic carbocycles. The predicted octanol–water partition coefficient (Wildman–Crippen LogP) is 0.167. The van der Waals surface area contributed by atoms with Crippen molar-refractivity contribution in [2.24, 2.45) is 10.7 Å². The highest BCUT2D eigenvalue weighted by Crippen LogP contribution is 2.06. The highest BCUT2D eigenvalue weighted by molar-refractivity contribution is 5.96. The third-order valence-corrected chi connectivity index (χ3v) is 4.24. The van der Waals surface area contributed by atoms with Crippen molar-refractivity contribution >= 4 is 23.7 Å². The Morgan fingerprint density at radius 2 is 1.66 bits per heavy atom. The van der Waals surface area contributed by atoms with E-state index in [1.807, 2.05) is 27.8 Å². The Labute approximate surface area is 172 Å². The first-order chi connectivity index (χ1) is 13.8. The molecule has 0 saturated carbocycles. The fourth-order valence-corrected chi connectivity index (χ4v) is 2.62. The lowest BCUT2D eigenvalue weighted by Crippen LogP contribution is -2.45. The van der Waals surface area contributed by atoms with E-state index in [0.717, 1.165) is 5.56 Å². The van der Waals surface area contributed by atoms with Gasteiger partial charge in [-0.15, -0.1) is 0 Å². The number of benzene rings is 1. The van der Waals surface area contributed by atoms with Gasteiger partial charge in [0.15, 0.2) is 5.96 Å². The molecule has 0 aliphatic rings. The number of guanidine groups is 1. The van der Waals surface area contributed by atoms with E-state index in [1.165, 1.54) is 0 Å². The highest BCUT2D eigenvalue weighted by Gasteiger charge is 2.15. The van der Waals surface area contributed by atoms with Crippen molar-refractivity contribution < 1.29 is 14.4 Å². The Kier molecular flexibility index (Phi) is 10.2. The molecule has 0 saturated heterocycles. The number of primary amides is 1. The number of amides is 3. The molecule has 9 heteroatoms. The van der Waals surface area contributed by atoms with Gasteiger partial charge in [0.1, 0.15) is 0 Å². The number of rotatable bonds is 10. The van der Waals surface area contributed by atoms with E-state index in [-0.39, 0.29) is 24.9 Å². The minimum absolute atomic E-state index is 0.0504. The highest BCUT2D eigenvalue weighted by atomic mass is 16.2.